The van der Waals surface area contributed by atoms with Crippen LogP contribution in [0.25, 0.3) is 0 Å². The summed E-state index contributed by atoms with van der Waals surface area (Å²) in [5.74, 6) is 3.79. The van der Waals surface area contributed by atoms with Gasteiger partial charge in [0.15, 0.2) is 0 Å². The minimum atomic E-state index is -0.243. The fourth-order valence-electron chi connectivity index (χ4n) is 5.81. The topological polar surface area (TPSA) is 50.4 Å². The van der Waals surface area contributed by atoms with E-state index in [9.17, 15) is 4.79 Å². The zero-order chi connectivity index (χ0) is 32.1. The van der Waals surface area contributed by atoms with Crippen LogP contribution in [0.2, 0.25) is 0 Å². The van der Waals surface area contributed by atoms with Crippen molar-refractivity contribution in [3.8, 4) is 11.5 Å². The van der Waals surface area contributed by atoms with E-state index in [-0.39, 0.29) is 6.03 Å². The Kier molecular flexibility index (Phi) is 26.7. The zero-order valence-electron chi connectivity index (χ0n) is 29.4. The lowest BCUT2D eigenvalue weighted by molar-refractivity contribution is 0.196. The maximum atomic E-state index is 11.1. The highest BCUT2D eigenvalue weighted by Crippen LogP contribution is 2.37. The van der Waals surface area contributed by atoms with Gasteiger partial charge in [0.05, 0.1) is 0 Å². The SMILES string of the molecule is C1CCC(C2CCCCC2)CC1.C1CCCCC1.CC.CC.CC.CNC(=O)Nc1ccc(Oc2ccc(C)cc2)cc1. The van der Waals surface area contributed by atoms with Crippen molar-refractivity contribution in [1.82, 2.24) is 5.32 Å². The number of rotatable bonds is 4. The molecule has 0 unspecified atom stereocenters. The summed E-state index contributed by atoms with van der Waals surface area (Å²) >= 11 is 0. The molecule has 3 fully saturated rings. The van der Waals surface area contributed by atoms with Crippen LogP contribution in [-0.4, -0.2) is 13.1 Å². The van der Waals surface area contributed by atoms with Crippen LogP contribution in [0.5, 0.6) is 11.5 Å². The molecule has 0 bridgehead atoms. The number of hydrogen-bond donors (Lipinski definition) is 2. The van der Waals surface area contributed by atoms with Crippen molar-refractivity contribution in [3.05, 3.63) is 54.1 Å². The van der Waals surface area contributed by atoms with Crippen molar-refractivity contribution in [3.63, 3.8) is 0 Å². The summed E-state index contributed by atoms with van der Waals surface area (Å²) in [5.41, 5.74) is 1.91. The fraction of sp³-hybridized carbons (Fsp3) is 0.667. The molecule has 2 aromatic carbocycles. The normalized spacial score (nSPS) is 16.2. The average Bonchev–Trinajstić information content (AvgIpc) is 3.11. The van der Waals surface area contributed by atoms with E-state index in [0.717, 1.165) is 29.0 Å². The molecule has 0 spiro atoms. The van der Waals surface area contributed by atoms with Crippen molar-refractivity contribution >= 4 is 11.7 Å². The molecule has 0 saturated heterocycles. The van der Waals surface area contributed by atoms with Crippen LogP contribution >= 0.6 is 0 Å². The smallest absolute Gasteiger partial charge is 0.318 e. The van der Waals surface area contributed by atoms with Crippen LogP contribution in [0.3, 0.4) is 0 Å². The minimum absolute atomic E-state index is 0.243. The molecule has 4 heteroatoms. The largest absolute Gasteiger partial charge is 0.457 e. The third-order valence-corrected chi connectivity index (χ3v) is 8.06. The van der Waals surface area contributed by atoms with E-state index in [1.165, 1.54) is 82.6 Å². The molecule has 3 aliphatic carbocycles. The molecular formula is C39H68N2O2. The maximum absolute atomic E-state index is 11.1. The van der Waals surface area contributed by atoms with Gasteiger partial charge >= 0.3 is 6.03 Å². The van der Waals surface area contributed by atoms with Gasteiger partial charge in [0.1, 0.15) is 11.5 Å². The van der Waals surface area contributed by atoms with Crippen LogP contribution in [0, 0.1) is 18.8 Å². The van der Waals surface area contributed by atoms with Crippen molar-refractivity contribution in [1.29, 1.82) is 0 Å². The molecule has 43 heavy (non-hydrogen) atoms. The zero-order valence-corrected chi connectivity index (χ0v) is 29.4. The lowest BCUT2D eigenvalue weighted by Gasteiger charge is -2.32. The number of urea groups is 1. The number of carbonyl (C=O) groups is 1. The number of anilines is 1. The Labute approximate surface area is 267 Å². The molecule has 0 heterocycles. The third kappa shape index (κ3) is 19.4. The van der Waals surface area contributed by atoms with Gasteiger partial charge in [-0.25, -0.2) is 4.79 Å². The third-order valence-electron chi connectivity index (χ3n) is 8.06. The van der Waals surface area contributed by atoms with E-state index >= 15 is 0 Å². The number of hydrogen-bond acceptors (Lipinski definition) is 2. The summed E-state index contributed by atoms with van der Waals surface area (Å²) in [6.07, 6.45) is 24.4. The average molecular weight is 597 g/mol. The Morgan fingerprint density at radius 2 is 0.884 bits per heavy atom. The standard InChI is InChI=1S/C15H16N2O2.C12H22.C6H12.3C2H6/c1-11-3-7-13(8-4-11)19-14-9-5-12(6-10-14)17-15(18)16-2;1-3-7-11(8-4-1)12-9-5-2-6-10-12;1-2-4-6-5-3-1;3*1-2/h3-10H,1-2H3,(H2,16,17,18);11-12H,1-10H2;1-6H2;3*1-2H3. The van der Waals surface area contributed by atoms with E-state index in [2.05, 4.69) is 10.6 Å². The van der Waals surface area contributed by atoms with Crippen molar-refractivity contribution < 1.29 is 9.53 Å². The van der Waals surface area contributed by atoms with E-state index < -0.39 is 0 Å². The molecule has 246 valence electrons. The van der Waals surface area contributed by atoms with Crippen LogP contribution in [0.4, 0.5) is 10.5 Å². The second-order valence-electron chi connectivity index (χ2n) is 11.1. The molecule has 2 N–H and O–H groups in total. The van der Waals surface area contributed by atoms with Crippen LogP contribution in [0.1, 0.15) is 150 Å². The second-order valence-corrected chi connectivity index (χ2v) is 11.1. The molecule has 0 atom stereocenters. The lowest BCUT2D eigenvalue weighted by atomic mass is 9.73. The van der Waals surface area contributed by atoms with E-state index in [0.29, 0.717) is 0 Å². The number of amides is 2. The van der Waals surface area contributed by atoms with Gasteiger partial charge in [0.25, 0.3) is 0 Å². The van der Waals surface area contributed by atoms with Gasteiger partial charge in [0.2, 0.25) is 0 Å². The summed E-state index contributed by atoms with van der Waals surface area (Å²) in [7, 11) is 1.57. The molecule has 0 radical (unpaired) electrons. The van der Waals surface area contributed by atoms with Gasteiger partial charge in [-0.05, 0) is 55.2 Å². The molecule has 5 rings (SSSR count). The highest BCUT2D eigenvalue weighted by Gasteiger charge is 2.24. The first-order chi connectivity index (χ1) is 21.1. The molecule has 4 nitrogen and oxygen atoms in total. The Morgan fingerprint density at radius 3 is 1.23 bits per heavy atom. The number of carbonyl (C=O) groups excluding carboxylic acids is 1. The first-order valence-corrected chi connectivity index (χ1v) is 18.0. The molecular weight excluding hydrogens is 528 g/mol. The molecule has 3 saturated carbocycles. The summed E-state index contributed by atoms with van der Waals surface area (Å²) in [6.45, 7) is 14.0. The minimum Gasteiger partial charge on any atom is -0.457 e. The van der Waals surface area contributed by atoms with E-state index in [4.69, 9.17) is 4.74 Å². The van der Waals surface area contributed by atoms with Gasteiger partial charge in [-0.2, -0.15) is 0 Å². The monoisotopic (exact) mass is 597 g/mol. The van der Waals surface area contributed by atoms with Crippen LogP contribution in [-0.2, 0) is 0 Å². The number of benzene rings is 2. The van der Waals surface area contributed by atoms with Crippen molar-refractivity contribution in [2.24, 2.45) is 11.8 Å². The Bertz CT molecular complexity index is 836. The van der Waals surface area contributed by atoms with Gasteiger partial charge < -0.3 is 15.4 Å². The Hall–Kier alpha value is -2.49. The van der Waals surface area contributed by atoms with E-state index in [1.807, 2.05) is 84.9 Å². The number of nitrogens with one attached hydrogen (secondary N) is 2. The Morgan fingerprint density at radius 1 is 0.558 bits per heavy atom. The molecule has 2 amide bonds. The molecule has 2 aromatic rings. The predicted molar refractivity (Wildman–Crippen MR) is 191 cm³/mol. The van der Waals surface area contributed by atoms with Crippen LogP contribution in [0.15, 0.2) is 48.5 Å². The second kappa shape index (κ2) is 28.3. The van der Waals surface area contributed by atoms with Crippen LogP contribution < -0.4 is 15.4 Å². The fourth-order valence-corrected chi connectivity index (χ4v) is 5.81. The van der Waals surface area contributed by atoms with E-state index in [1.54, 1.807) is 44.9 Å². The molecule has 3 aliphatic rings. The number of aryl methyl sites for hydroxylation is 1. The Balaban J connectivity index is 0.000000625. The molecule has 0 aromatic heterocycles. The summed E-state index contributed by atoms with van der Waals surface area (Å²) < 4.78 is 5.69. The summed E-state index contributed by atoms with van der Waals surface area (Å²) in [6, 6.07) is 14.8. The summed E-state index contributed by atoms with van der Waals surface area (Å²) in [4.78, 5) is 11.1. The maximum Gasteiger partial charge on any atom is 0.318 e. The molecule has 0 aliphatic heterocycles. The van der Waals surface area contributed by atoms with Gasteiger partial charge in [-0.3, -0.25) is 0 Å². The van der Waals surface area contributed by atoms with Gasteiger partial charge in [-0.1, -0.05) is 162 Å². The first kappa shape index (κ1) is 40.5. The number of ether oxygens (including phenoxy) is 1. The summed E-state index contributed by atoms with van der Waals surface area (Å²) in [5, 5.41) is 5.18. The first-order valence-electron chi connectivity index (χ1n) is 18.0. The van der Waals surface area contributed by atoms with Crippen molar-refractivity contribution in [2.75, 3.05) is 12.4 Å². The quantitative estimate of drug-likeness (QED) is 0.369. The van der Waals surface area contributed by atoms with Crippen molar-refractivity contribution in [2.45, 2.75) is 151 Å². The van der Waals surface area contributed by atoms with Gasteiger partial charge in [0, 0.05) is 12.7 Å². The van der Waals surface area contributed by atoms with Gasteiger partial charge in [-0.15, -0.1) is 0 Å². The highest BCUT2D eigenvalue weighted by molar-refractivity contribution is 5.88. The lowest BCUT2D eigenvalue weighted by Crippen LogP contribution is -2.24. The highest BCUT2D eigenvalue weighted by atomic mass is 16.5. The predicted octanol–water partition coefficient (Wildman–Crippen LogP) is 13.1.